The topological polar surface area (TPSA) is 87.7 Å². The first-order valence-electron chi connectivity index (χ1n) is 8.41. The number of carbonyl (C=O) groups excluding carboxylic acids is 1. The zero-order valence-corrected chi connectivity index (χ0v) is 16.0. The van der Waals surface area contributed by atoms with E-state index in [-0.39, 0.29) is 15.8 Å². The number of carbonyl (C=O) groups is 1. The monoisotopic (exact) mass is 407 g/mol. The molecular weight excluding hydrogens is 390 g/mol. The molecule has 0 saturated carbocycles. The van der Waals surface area contributed by atoms with Crippen LogP contribution in [-0.4, -0.2) is 40.1 Å². The van der Waals surface area contributed by atoms with Crippen LogP contribution >= 0.6 is 11.6 Å². The number of sulfonamides is 1. The van der Waals surface area contributed by atoms with Crippen LogP contribution in [0, 0.1) is 0 Å². The van der Waals surface area contributed by atoms with Crippen molar-refractivity contribution in [3.63, 3.8) is 0 Å². The molecule has 0 aromatic heterocycles. The Kier molecular flexibility index (Phi) is 4.49. The molecule has 0 unspecified atom stereocenters. The molecule has 1 fully saturated rings. The lowest BCUT2D eigenvalue weighted by molar-refractivity contribution is -0.117. The minimum absolute atomic E-state index is 0.0584. The Morgan fingerprint density at radius 2 is 2.04 bits per heavy atom. The minimum Gasteiger partial charge on any atom is -0.495 e. The maximum Gasteiger partial charge on any atom is 0.247 e. The molecule has 2 aliphatic rings. The number of hydrogen-bond acceptors (Lipinski definition) is 5. The number of fused-ring (bicyclic) bond motifs is 3. The molecule has 2 aromatic carbocycles. The summed E-state index contributed by atoms with van der Waals surface area (Å²) in [6.07, 6.45) is 0.392. The highest BCUT2D eigenvalue weighted by Gasteiger charge is 2.42. The Morgan fingerprint density at radius 3 is 2.78 bits per heavy atom. The number of ether oxygens (including phenoxy) is 1. The highest BCUT2D eigenvalue weighted by Crippen LogP contribution is 2.36. The third-order valence-corrected chi connectivity index (χ3v) is 6.64. The smallest absolute Gasteiger partial charge is 0.247 e. The maximum absolute atomic E-state index is 12.7. The number of benzene rings is 2. The fourth-order valence-electron chi connectivity index (χ4n) is 3.58. The van der Waals surface area contributed by atoms with Gasteiger partial charge in [0.1, 0.15) is 11.8 Å². The molecule has 1 amide bonds. The van der Waals surface area contributed by atoms with Crippen molar-refractivity contribution in [1.29, 1.82) is 0 Å². The lowest BCUT2D eigenvalue weighted by Gasteiger charge is -2.32. The van der Waals surface area contributed by atoms with Gasteiger partial charge in [-0.3, -0.25) is 4.79 Å². The van der Waals surface area contributed by atoms with Gasteiger partial charge in [0.2, 0.25) is 15.9 Å². The largest absolute Gasteiger partial charge is 0.495 e. The summed E-state index contributed by atoms with van der Waals surface area (Å²) in [6, 6.07) is 11.0. The summed E-state index contributed by atoms with van der Waals surface area (Å²) in [6.45, 7) is 0.415. The van der Waals surface area contributed by atoms with Crippen LogP contribution in [0.4, 0.5) is 11.4 Å². The van der Waals surface area contributed by atoms with E-state index in [1.54, 1.807) is 0 Å². The first-order valence-corrected chi connectivity index (χ1v) is 10.3. The summed E-state index contributed by atoms with van der Waals surface area (Å²) in [4.78, 5) is 14.4. The van der Waals surface area contributed by atoms with Crippen LogP contribution in [0.5, 0.6) is 5.75 Å². The number of hydrogen-bond donors (Lipinski definition) is 2. The van der Waals surface area contributed by atoms with Gasteiger partial charge in [-0.15, -0.1) is 0 Å². The van der Waals surface area contributed by atoms with E-state index < -0.39 is 22.1 Å². The number of rotatable bonds is 4. The van der Waals surface area contributed by atoms with Crippen LogP contribution in [0.3, 0.4) is 0 Å². The van der Waals surface area contributed by atoms with Crippen molar-refractivity contribution >= 4 is 38.9 Å². The molecule has 7 nitrogen and oxygen atoms in total. The second-order valence-electron chi connectivity index (χ2n) is 6.52. The highest BCUT2D eigenvalue weighted by molar-refractivity contribution is 7.89. The fraction of sp³-hybridized carbons (Fsp3) is 0.278. The van der Waals surface area contributed by atoms with Crippen LogP contribution in [0.1, 0.15) is 6.42 Å². The average molecular weight is 408 g/mol. The molecule has 2 heterocycles. The Bertz CT molecular complexity index is 1010. The molecule has 27 heavy (non-hydrogen) atoms. The highest BCUT2D eigenvalue weighted by atomic mass is 35.5. The molecule has 0 radical (unpaired) electrons. The number of amides is 1. The average Bonchev–Trinajstić information content (AvgIpc) is 3.05. The van der Waals surface area contributed by atoms with Gasteiger partial charge in [-0.05, 0) is 36.8 Å². The molecule has 2 aliphatic heterocycles. The molecule has 0 spiro atoms. The standard InChI is InChI=1S/C18H18ClN3O4S/c1-26-17-7-6-12(9-13(17)19)27(24,25)21-11-8-16-18(23)20-14-4-2-3-5-15(14)22(16)10-11/h2-7,9,11,16,21H,8,10H2,1H3,(H,20,23)/t11-,16+/m0/s1. The predicted molar refractivity (Wildman–Crippen MR) is 103 cm³/mol. The lowest BCUT2D eigenvalue weighted by Crippen LogP contribution is -2.44. The van der Waals surface area contributed by atoms with E-state index >= 15 is 0 Å². The molecule has 2 aromatic rings. The predicted octanol–water partition coefficient (Wildman–Crippen LogP) is 2.23. The molecule has 9 heteroatoms. The van der Waals surface area contributed by atoms with Crippen molar-refractivity contribution in [3.8, 4) is 5.75 Å². The number of anilines is 2. The van der Waals surface area contributed by atoms with E-state index in [4.69, 9.17) is 16.3 Å². The summed E-state index contributed by atoms with van der Waals surface area (Å²) >= 11 is 6.05. The lowest BCUT2D eigenvalue weighted by atomic mass is 10.1. The van der Waals surface area contributed by atoms with Gasteiger partial charge in [0.05, 0.1) is 28.4 Å². The van der Waals surface area contributed by atoms with Crippen molar-refractivity contribution in [2.75, 3.05) is 23.9 Å². The maximum atomic E-state index is 12.7. The number of para-hydroxylation sites is 2. The summed E-state index contributed by atoms with van der Waals surface area (Å²) in [7, 11) is -2.31. The van der Waals surface area contributed by atoms with Gasteiger partial charge in [0, 0.05) is 12.6 Å². The van der Waals surface area contributed by atoms with Gasteiger partial charge >= 0.3 is 0 Å². The first-order chi connectivity index (χ1) is 12.9. The second-order valence-corrected chi connectivity index (χ2v) is 8.65. The molecular formula is C18H18ClN3O4S. The zero-order valence-electron chi connectivity index (χ0n) is 14.5. The summed E-state index contributed by atoms with van der Waals surface area (Å²) < 4.78 is 33.2. The van der Waals surface area contributed by atoms with E-state index in [9.17, 15) is 13.2 Å². The van der Waals surface area contributed by atoms with E-state index in [2.05, 4.69) is 10.0 Å². The third-order valence-electron chi connectivity index (χ3n) is 4.83. The van der Waals surface area contributed by atoms with E-state index in [1.165, 1.54) is 25.3 Å². The second kappa shape index (κ2) is 6.70. The number of nitrogens with zero attached hydrogens (tertiary/aromatic N) is 1. The van der Waals surface area contributed by atoms with Crippen LogP contribution in [0.2, 0.25) is 5.02 Å². The number of methoxy groups -OCH3 is 1. The molecule has 2 N–H and O–H groups in total. The van der Waals surface area contributed by atoms with Gasteiger partial charge in [-0.1, -0.05) is 23.7 Å². The normalized spacial score (nSPS) is 21.4. The van der Waals surface area contributed by atoms with E-state index in [0.717, 1.165) is 11.4 Å². The first kappa shape index (κ1) is 18.1. The Hall–Kier alpha value is -2.29. The molecule has 142 valence electrons. The van der Waals surface area contributed by atoms with Crippen molar-refractivity contribution in [1.82, 2.24) is 4.72 Å². The zero-order chi connectivity index (χ0) is 19.2. The molecule has 4 rings (SSSR count). The third kappa shape index (κ3) is 3.24. The Balaban J connectivity index is 1.56. The van der Waals surface area contributed by atoms with Gasteiger partial charge in [-0.25, -0.2) is 13.1 Å². The van der Waals surface area contributed by atoms with Gasteiger partial charge < -0.3 is 15.0 Å². The SMILES string of the molecule is COc1ccc(S(=O)(=O)N[C@H]2C[C@@H]3C(=O)Nc4ccccc4N3C2)cc1Cl. The van der Waals surface area contributed by atoms with Crippen molar-refractivity contribution in [2.45, 2.75) is 23.4 Å². The van der Waals surface area contributed by atoms with Crippen LogP contribution in [0.15, 0.2) is 47.4 Å². The Labute approximate surface area is 162 Å². The van der Waals surface area contributed by atoms with Gasteiger partial charge in [-0.2, -0.15) is 0 Å². The molecule has 2 atom stereocenters. The summed E-state index contributed by atoms with van der Waals surface area (Å²) in [5, 5.41) is 3.10. The Morgan fingerprint density at radius 1 is 1.26 bits per heavy atom. The van der Waals surface area contributed by atoms with E-state index in [0.29, 0.717) is 18.7 Å². The quantitative estimate of drug-likeness (QED) is 0.811. The summed E-state index contributed by atoms with van der Waals surface area (Å²) in [5.41, 5.74) is 1.64. The van der Waals surface area contributed by atoms with Crippen LogP contribution in [0.25, 0.3) is 0 Å². The minimum atomic E-state index is -3.78. The molecule has 0 bridgehead atoms. The number of nitrogens with one attached hydrogen (secondary N) is 2. The van der Waals surface area contributed by atoms with Crippen molar-refractivity contribution in [3.05, 3.63) is 47.5 Å². The molecule has 1 saturated heterocycles. The van der Waals surface area contributed by atoms with Crippen molar-refractivity contribution < 1.29 is 17.9 Å². The fourth-order valence-corrected chi connectivity index (χ4v) is 5.17. The van der Waals surface area contributed by atoms with E-state index in [1.807, 2.05) is 29.2 Å². The van der Waals surface area contributed by atoms with Gasteiger partial charge in [0.15, 0.2) is 0 Å². The van der Waals surface area contributed by atoms with Crippen molar-refractivity contribution in [2.24, 2.45) is 0 Å². The van der Waals surface area contributed by atoms with Crippen LogP contribution in [-0.2, 0) is 14.8 Å². The number of halogens is 1. The van der Waals surface area contributed by atoms with Gasteiger partial charge in [0.25, 0.3) is 0 Å². The summed E-state index contributed by atoms with van der Waals surface area (Å²) in [5.74, 6) is 0.282. The van der Waals surface area contributed by atoms with Crippen LogP contribution < -0.4 is 19.7 Å². The molecule has 0 aliphatic carbocycles.